The predicted molar refractivity (Wildman–Crippen MR) is 104 cm³/mol. The Labute approximate surface area is 158 Å². The molecule has 27 heavy (non-hydrogen) atoms. The summed E-state index contributed by atoms with van der Waals surface area (Å²) >= 11 is 0. The van der Waals surface area contributed by atoms with Gasteiger partial charge in [-0.05, 0) is 17.7 Å². The molecule has 0 radical (unpaired) electrons. The summed E-state index contributed by atoms with van der Waals surface area (Å²) in [7, 11) is 6.56. The zero-order valence-electron chi connectivity index (χ0n) is 16.0. The number of anilines is 1. The first-order valence-electron chi connectivity index (χ1n) is 8.74. The molecule has 140 valence electrons. The molecule has 0 saturated carbocycles. The normalized spacial score (nSPS) is 12.3. The van der Waals surface area contributed by atoms with Crippen molar-refractivity contribution in [1.29, 1.82) is 0 Å². The van der Waals surface area contributed by atoms with Crippen LogP contribution in [0.4, 0.5) is 5.69 Å². The quantitative estimate of drug-likeness (QED) is 0.566. The maximum absolute atomic E-state index is 6.32. The third-order valence-electron chi connectivity index (χ3n) is 5.16. The van der Waals surface area contributed by atoms with Crippen LogP contribution in [0.2, 0.25) is 0 Å². The molecule has 0 atom stereocenters. The van der Waals surface area contributed by atoms with Crippen LogP contribution in [0.25, 0.3) is 22.0 Å². The second-order valence-corrected chi connectivity index (χ2v) is 6.50. The molecule has 1 aliphatic heterocycles. The lowest BCUT2D eigenvalue weighted by molar-refractivity contribution is -0.686. The van der Waals surface area contributed by atoms with Crippen molar-refractivity contribution >= 4 is 16.5 Å². The van der Waals surface area contributed by atoms with E-state index in [-0.39, 0.29) is 0 Å². The third-order valence-corrected chi connectivity index (χ3v) is 5.16. The van der Waals surface area contributed by atoms with Gasteiger partial charge in [-0.25, -0.2) is 0 Å². The van der Waals surface area contributed by atoms with E-state index in [4.69, 9.17) is 24.7 Å². The second kappa shape index (κ2) is 6.54. The van der Waals surface area contributed by atoms with E-state index < -0.39 is 0 Å². The molecule has 2 heterocycles. The summed E-state index contributed by atoms with van der Waals surface area (Å²) < 4.78 is 24.2. The number of benzene rings is 2. The minimum Gasteiger partial charge on any atom is -0.493 e. The molecule has 3 aromatic rings. The van der Waals surface area contributed by atoms with E-state index in [0.717, 1.165) is 40.7 Å². The number of nitrogens with two attached hydrogens (primary N) is 1. The fourth-order valence-electron chi connectivity index (χ4n) is 3.82. The average molecular weight is 369 g/mol. The molecule has 1 aliphatic rings. The van der Waals surface area contributed by atoms with Crippen LogP contribution in [0, 0.1) is 0 Å². The minimum atomic E-state index is 0.630. The maximum Gasteiger partial charge on any atom is 0.213 e. The van der Waals surface area contributed by atoms with Gasteiger partial charge >= 0.3 is 0 Å². The van der Waals surface area contributed by atoms with Crippen molar-refractivity contribution in [1.82, 2.24) is 0 Å². The van der Waals surface area contributed by atoms with Crippen LogP contribution in [-0.2, 0) is 13.0 Å². The summed E-state index contributed by atoms with van der Waals surface area (Å²) in [5.41, 5.74) is 10.4. The molecule has 6 nitrogen and oxygen atoms in total. The van der Waals surface area contributed by atoms with Crippen LogP contribution in [0.1, 0.15) is 5.56 Å². The first-order chi connectivity index (χ1) is 13.1. The van der Waals surface area contributed by atoms with Crippen LogP contribution in [0.5, 0.6) is 23.0 Å². The van der Waals surface area contributed by atoms with E-state index in [1.807, 2.05) is 6.07 Å². The molecule has 2 N–H and O–H groups in total. The number of aromatic nitrogens is 1. The Morgan fingerprint density at radius 1 is 0.889 bits per heavy atom. The van der Waals surface area contributed by atoms with Gasteiger partial charge in [0.1, 0.15) is 0 Å². The minimum absolute atomic E-state index is 0.630. The van der Waals surface area contributed by atoms with Gasteiger partial charge in [0.05, 0.1) is 39.4 Å². The summed E-state index contributed by atoms with van der Waals surface area (Å²) in [6.07, 6.45) is 2.99. The lowest BCUT2D eigenvalue weighted by Crippen LogP contribution is -2.40. The van der Waals surface area contributed by atoms with Crippen LogP contribution in [-0.4, -0.2) is 28.4 Å². The van der Waals surface area contributed by atoms with Crippen molar-refractivity contribution in [2.75, 3.05) is 34.2 Å². The monoisotopic (exact) mass is 369 g/mol. The Hall–Kier alpha value is -3.15. The number of nitrogens with zero attached hydrogens (tertiary/aromatic N) is 1. The molecular formula is C21H23N2O4+. The Bertz CT molecular complexity index is 1050. The summed E-state index contributed by atoms with van der Waals surface area (Å²) in [4.78, 5) is 0. The predicted octanol–water partition coefficient (Wildman–Crippen LogP) is 2.97. The highest BCUT2D eigenvalue weighted by Crippen LogP contribution is 2.42. The largest absolute Gasteiger partial charge is 0.493 e. The van der Waals surface area contributed by atoms with Gasteiger partial charge < -0.3 is 24.7 Å². The van der Waals surface area contributed by atoms with E-state index in [1.165, 1.54) is 5.56 Å². The number of aryl methyl sites for hydroxylation is 2. The Morgan fingerprint density at radius 3 is 2.26 bits per heavy atom. The fourth-order valence-corrected chi connectivity index (χ4v) is 3.82. The number of ether oxygens (including phenoxy) is 4. The molecule has 0 bridgehead atoms. The topological polar surface area (TPSA) is 66.8 Å². The van der Waals surface area contributed by atoms with Gasteiger partial charge in [0.15, 0.2) is 35.7 Å². The molecule has 0 amide bonds. The molecule has 4 rings (SSSR count). The van der Waals surface area contributed by atoms with Crippen molar-refractivity contribution in [3.8, 4) is 34.3 Å². The Balaban J connectivity index is 2.00. The number of hydrogen-bond donors (Lipinski definition) is 1. The maximum atomic E-state index is 6.32. The van der Waals surface area contributed by atoms with Crippen LogP contribution in [0.15, 0.2) is 30.5 Å². The summed E-state index contributed by atoms with van der Waals surface area (Å²) in [6.45, 7) is 0.855. The Morgan fingerprint density at radius 2 is 1.59 bits per heavy atom. The lowest BCUT2D eigenvalue weighted by atomic mass is 9.96. The first kappa shape index (κ1) is 17.3. The highest BCUT2D eigenvalue weighted by Gasteiger charge is 2.27. The van der Waals surface area contributed by atoms with E-state index in [2.05, 4.69) is 22.9 Å². The van der Waals surface area contributed by atoms with Gasteiger partial charge in [-0.2, -0.15) is 4.57 Å². The van der Waals surface area contributed by atoms with Crippen molar-refractivity contribution in [3.05, 3.63) is 36.0 Å². The van der Waals surface area contributed by atoms with Gasteiger partial charge in [-0.3, -0.25) is 0 Å². The average Bonchev–Trinajstić information content (AvgIpc) is 2.71. The molecule has 1 aromatic heterocycles. The van der Waals surface area contributed by atoms with Gasteiger partial charge in [0, 0.05) is 29.6 Å². The van der Waals surface area contributed by atoms with E-state index >= 15 is 0 Å². The third kappa shape index (κ3) is 2.60. The highest BCUT2D eigenvalue weighted by atomic mass is 16.5. The van der Waals surface area contributed by atoms with Crippen molar-refractivity contribution in [2.45, 2.75) is 13.0 Å². The molecule has 6 heteroatoms. The number of nitrogen functional groups attached to an aromatic ring is 1. The second-order valence-electron chi connectivity index (χ2n) is 6.50. The summed E-state index contributed by atoms with van der Waals surface area (Å²) in [5, 5.41) is 1.86. The SMILES string of the molecule is COc1cc2c(cc1OC)-c1cc3c(N)cc(OC)c(OC)c3[14cH][n+]1CC2. The number of pyridine rings is 1. The molecule has 0 fully saturated rings. The Kier molecular flexibility index (Phi) is 4.18. The molecule has 0 saturated heterocycles. The number of methoxy groups -OCH3 is 4. The molecule has 0 unspecified atom stereocenters. The van der Waals surface area contributed by atoms with Crippen LogP contribution >= 0.6 is 0 Å². The molecule has 0 aliphatic carbocycles. The molecule has 2 aromatic carbocycles. The number of fused-ring (bicyclic) bond motifs is 4. The standard InChI is InChI=1S/C21H23N2O4/c1-24-18-7-12-5-6-23-11-15-14(8-17(23)13(12)9-19(18)25-2)16(22)10-20(26-3)21(15)27-4/h7-11H,5-6,22H2,1-4H3/q+1/i11+2. The summed E-state index contributed by atoms with van der Waals surface area (Å²) in [6, 6.07) is 7.99. The van der Waals surface area contributed by atoms with Crippen LogP contribution in [0.3, 0.4) is 0 Å². The fraction of sp³-hybridized carbons (Fsp3) is 0.286. The van der Waals surface area contributed by atoms with Crippen molar-refractivity contribution in [3.63, 3.8) is 0 Å². The van der Waals surface area contributed by atoms with E-state index in [1.54, 1.807) is 34.5 Å². The zero-order chi connectivity index (χ0) is 19.1. The molecule has 0 spiro atoms. The highest BCUT2D eigenvalue weighted by molar-refractivity contribution is 6.00. The lowest BCUT2D eigenvalue weighted by Gasteiger charge is -2.19. The number of hydrogen-bond acceptors (Lipinski definition) is 5. The van der Waals surface area contributed by atoms with Crippen molar-refractivity contribution in [2.24, 2.45) is 0 Å². The smallest absolute Gasteiger partial charge is 0.213 e. The van der Waals surface area contributed by atoms with Crippen molar-refractivity contribution < 1.29 is 23.5 Å². The van der Waals surface area contributed by atoms with E-state index in [9.17, 15) is 0 Å². The first-order valence-corrected chi connectivity index (χ1v) is 8.74. The van der Waals surface area contributed by atoms with Gasteiger partial charge in [-0.1, -0.05) is 0 Å². The number of rotatable bonds is 4. The van der Waals surface area contributed by atoms with Crippen LogP contribution < -0.4 is 29.2 Å². The molecular weight excluding hydrogens is 346 g/mol. The van der Waals surface area contributed by atoms with Gasteiger partial charge in [0.2, 0.25) is 5.69 Å². The zero-order valence-corrected chi connectivity index (χ0v) is 16.0. The van der Waals surface area contributed by atoms with Gasteiger partial charge in [-0.15, -0.1) is 0 Å². The summed E-state index contributed by atoms with van der Waals surface area (Å²) in [5.74, 6) is 2.78. The van der Waals surface area contributed by atoms with E-state index in [0.29, 0.717) is 22.9 Å². The van der Waals surface area contributed by atoms with Gasteiger partial charge in [0.25, 0.3) is 0 Å².